The number of nitrogens with one attached hydrogen (secondary N) is 1. The summed E-state index contributed by atoms with van der Waals surface area (Å²) < 4.78 is 16.7. The van der Waals surface area contributed by atoms with Gasteiger partial charge >= 0.3 is 0 Å². The number of halogens is 1. The lowest BCUT2D eigenvalue weighted by Gasteiger charge is -2.19. The van der Waals surface area contributed by atoms with Crippen LogP contribution in [0.4, 0.5) is 4.39 Å². The van der Waals surface area contributed by atoms with E-state index in [1.165, 1.54) is 12.1 Å². The summed E-state index contributed by atoms with van der Waals surface area (Å²) in [5, 5.41) is 7.29. The largest absolute Gasteiger partial charge is 0.337 e. The molecular weight excluding hydrogens is 321 g/mol. The Labute approximate surface area is 145 Å². The lowest BCUT2D eigenvalue weighted by Crippen LogP contribution is -2.32. The number of hydrogen-bond acceptors (Lipinski definition) is 3. The molecule has 3 aromatic rings. The summed E-state index contributed by atoms with van der Waals surface area (Å²) in [5.41, 5.74) is 2.07. The second-order valence-electron chi connectivity index (χ2n) is 5.85. The van der Waals surface area contributed by atoms with Crippen molar-refractivity contribution in [3.8, 4) is 0 Å². The Kier molecular flexibility index (Phi) is 4.65. The number of carbonyl (C=O) groups excluding carboxylic acids is 1. The molecule has 0 radical (unpaired) electrons. The minimum absolute atomic E-state index is 0.257. The molecule has 0 spiro atoms. The molecule has 0 unspecified atom stereocenters. The number of nitrogens with zero attached hydrogens (tertiary/aromatic N) is 4. The van der Waals surface area contributed by atoms with Gasteiger partial charge in [0.25, 0.3) is 5.91 Å². The second kappa shape index (κ2) is 6.88. The third kappa shape index (κ3) is 3.45. The predicted molar refractivity (Wildman–Crippen MR) is 91.5 cm³/mol. The van der Waals surface area contributed by atoms with Gasteiger partial charge in [0.1, 0.15) is 23.4 Å². The third-order valence-corrected chi connectivity index (χ3v) is 4.12. The van der Waals surface area contributed by atoms with Gasteiger partial charge in [0.2, 0.25) is 0 Å². The molecule has 0 aliphatic carbocycles. The van der Waals surface area contributed by atoms with Crippen molar-refractivity contribution in [2.75, 3.05) is 0 Å². The van der Waals surface area contributed by atoms with Gasteiger partial charge in [-0.05, 0) is 30.2 Å². The van der Waals surface area contributed by atoms with Crippen molar-refractivity contribution in [2.24, 2.45) is 14.1 Å². The van der Waals surface area contributed by atoms with E-state index in [0.29, 0.717) is 11.5 Å². The molecule has 130 valence electrons. The van der Waals surface area contributed by atoms with Crippen molar-refractivity contribution in [3.05, 3.63) is 71.3 Å². The quantitative estimate of drug-likeness (QED) is 0.775. The number of imidazole rings is 1. The van der Waals surface area contributed by atoms with Gasteiger partial charge in [-0.15, -0.1) is 0 Å². The van der Waals surface area contributed by atoms with Gasteiger partial charge in [0.05, 0.1) is 5.69 Å². The predicted octanol–water partition coefficient (Wildman–Crippen LogP) is 2.37. The Balaban J connectivity index is 1.95. The first-order valence-electron chi connectivity index (χ1n) is 8.06. The average Bonchev–Trinajstić information content (AvgIpc) is 3.19. The number of hydrogen-bond donors (Lipinski definition) is 1. The Morgan fingerprint density at radius 3 is 2.56 bits per heavy atom. The van der Waals surface area contributed by atoms with E-state index in [4.69, 9.17) is 0 Å². The first-order valence-corrected chi connectivity index (χ1v) is 8.06. The van der Waals surface area contributed by atoms with Crippen LogP contribution in [-0.2, 0) is 20.5 Å². The zero-order valence-electron chi connectivity index (χ0n) is 14.4. The molecule has 3 rings (SSSR count). The highest BCUT2D eigenvalue weighted by Crippen LogP contribution is 2.21. The number of amides is 1. The van der Waals surface area contributed by atoms with Crippen LogP contribution in [0.1, 0.15) is 40.5 Å². The highest BCUT2D eigenvalue weighted by molar-refractivity contribution is 5.93. The smallest absolute Gasteiger partial charge is 0.270 e. The number of carbonyl (C=O) groups is 1. The first kappa shape index (κ1) is 16.9. The van der Waals surface area contributed by atoms with Gasteiger partial charge in [-0.25, -0.2) is 9.37 Å². The Morgan fingerprint density at radius 2 is 2.00 bits per heavy atom. The van der Waals surface area contributed by atoms with E-state index < -0.39 is 6.04 Å². The fourth-order valence-electron chi connectivity index (χ4n) is 2.72. The Hall–Kier alpha value is -2.96. The molecule has 1 amide bonds. The molecular formula is C18H20FN5O. The maximum Gasteiger partial charge on any atom is 0.270 e. The van der Waals surface area contributed by atoms with Crippen LogP contribution in [-0.4, -0.2) is 25.2 Å². The monoisotopic (exact) mass is 341 g/mol. The molecule has 6 nitrogen and oxygen atoms in total. The topological polar surface area (TPSA) is 64.7 Å². The molecule has 1 aromatic carbocycles. The molecule has 0 aliphatic heterocycles. The highest BCUT2D eigenvalue weighted by atomic mass is 19.1. The zero-order chi connectivity index (χ0) is 18.0. The van der Waals surface area contributed by atoms with Gasteiger partial charge in [0.15, 0.2) is 0 Å². The Bertz CT molecular complexity index is 881. The van der Waals surface area contributed by atoms with E-state index in [1.54, 1.807) is 42.3 Å². The Morgan fingerprint density at radius 1 is 1.28 bits per heavy atom. The van der Waals surface area contributed by atoms with Crippen molar-refractivity contribution in [1.29, 1.82) is 0 Å². The van der Waals surface area contributed by atoms with Crippen molar-refractivity contribution in [1.82, 2.24) is 24.6 Å². The summed E-state index contributed by atoms with van der Waals surface area (Å²) >= 11 is 0. The van der Waals surface area contributed by atoms with Gasteiger partial charge < -0.3 is 9.88 Å². The van der Waals surface area contributed by atoms with Gasteiger partial charge in [-0.3, -0.25) is 9.48 Å². The molecule has 25 heavy (non-hydrogen) atoms. The van der Waals surface area contributed by atoms with E-state index in [-0.39, 0.29) is 11.7 Å². The van der Waals surface area contributed by atoms with Crippen LogP contribution >= 0.6 is 0 Å². The molecule has 0 aliphatic rings. The van der Waals surface area contributed by atoms with Crippen LogP contribution < -0.4 is 5.32 Å². The van der Waals surface area contributed by atoms with Crippen LogP contribution in [0.5, 0.6) is 0 Å². The summed E-state index contributed by atoms with van der Waals surface area (Å²) in [7, 11) is 3.59. The molecule has 2 aromatic heterocycles. The van der Waals surface area contributed by atoms with E-state index in [2.05, 4.69) is 15.4 Å². The standard InChI is InChI=1S/C18H20FN5O/c1-4-14-11-15(24(3)22-14)18(25)21-16(17-20-9-10-23(17)2)12-5-7-13(19)8-6-12/h5-11,16H,4H2,1-3H3,(H,21,25)/t16-/m0/s1. The summed E-state index contributed by atoms with van der Waals surface area (Å²) in [6.07, 6.45) is 4.22. The number of aryl methyl sites for hydroxylation is 3. The van der Waals surface area contributed by atoms with Crippen molar-refractivity contribution >= 4 is 5.91 Å². The van der Waals surface area contributed by atoms with Crippen LogP contribution in [0.15, 0.2) is 42.7 Å². The second-order valence-corrected chi connectivity index (χ2v) is 5.85. The molecule has 7 heteroatoms. The minimum atomic E-state index is -0.493. The van der Waals surface area contributed by atoms with Crippen LogP contribution in [0, 0.1) is 5.82 Å². The van der Waals surface area contributed by atoms with E-state index in [9.17, 15) is 9.18 Å². The number of benzene rings is 1. The third-order valence-electron chi connectivity index (χ3n) is 4.12. The lowest BCUT2D eigenvalue weighted by molar-refractivity contribution is 0.0931. The molecule has 0 fully saturated rings. The van der Waals surface area contributed by atoms with Crippen molar-refractivity contribution in [2.45, 2.75) is 19.4 Å². The summed E-state index contributed by atoms with van der Waals surface area (Å²) in [5.74, 6) is 0.0813. The molecule has 1 atom stereocenters. The fourth-order valence-corrected chi connectivity index (χ4v) is 2.72. The molecule has 1 N–H and O–H groups in total. The normalized spacial score (nSPS) is 12.2. The van der Waals surface area contributed by atoms with Crippen LogP contribution in [0.2, 0.25) is 0 Å². The van der Waals surface area contributed by atoms with Crippen LogP contribution in [0.3, 0.4) is 0 Å². The molecule has 2 heterocycles. The zero-order valence-corrected chi connectivity index (χ0v) is 14.4. The summed E-state index contributed by atoms with van der Waals surface area (Å²) in [6.45, 7) is 1.99. The minimum Gasteiger partial charge on any atom is -0.337 e. The lowest BCUT2D eigenvalue weighted by atomic mass is 10.1. The summed E-state index contributed by atoms with van der Waals surface area (Å²) in [6, 6.07) is 7.32. The first-order chi connectivity index (χ1) is 12.0. The number of rotatable bonds is 5. The van der Waals surface area contributed by atoms with Crippen LogP contribution in [0.25, 0.3) is 0 Å². The summed E-state index contributed by atoms with van der Waals surface area (Å²) in [4.78, 5) is 17.1. The van der Waals surface area contributed by atoms with Gasteiger partial charge in [-0.1, -0.05) is 19.1 Å². The van der Waals surface area contributed by atoms with E-state index in [1.807, 2.05) is 18.5 Å². The van der Waals surface area contributed by atoms with E-state index >= 15 is 0 Å². The van der Waals surface area contributed by atoms with Crippen molar-refractivity contribution < 1.29 is 9.18 Å². The maximum atomic E-state index is 13.3. The molecule has 0 saturated heterocycles. The van der Waals surface area contributed by atoms with Gasteiger partial charge in [-0.2, -0.15) is 5.10 Å². The average molecular weight is 341 g/mol. The molecule has 0 saturated carbocycles. The molecule has 0 bridgehead atoms. The highest BCUT2D eigenvalue weighted by Gasteiger charge is 2.23. The van der Waals surface area contributed by atoms with E-state index in [0.717, 1.165) is 17.7 Å². The maximum absolute atomic E-state index is 13.3. The van der Waals surface area contributed by atoms with Gasteiger partial charge in [0, 0.05) is 26.5 Å². The SMILES string of the molecule is CCc1cc(C(=O)N[C@@H](c2ccc(F)cc2)c2nccn2C)n(C)n1. The fraction of sp³-hybridized carbons (Fsp3) is 0.278. The number of aromatic nitrogens is 4. The van der Waals surface area contributed by atoms with Crippen molar-refractivity contribution in [3.63, 3.8) is 0 Å².